The Morgan fingerprint density at radius 3 is 3.00 bits per heavy atom. The summed E-state index contributed by atoms with van der Waals surface area (Å²) in [6, 6.07) is 5.47. The van der Waals surface area contributed by atoms with Crippen molar-refractivity contribution in [2.24, 2.45) is 0 Å². The highest BCUT2D eigenvalue weighted by Crippen LogP contribution is 2.35. The van der Waals surface area contributed by atoms with Crippen LogP contribution in [0.5, 0.6) is 0 Å². The van der Waals surface area contributed by atoms with Crippen LogP contribution < -0.4 is 11.6 Å². The van der Waals surface area contributed by atoms with Crippen molar-refractivity contribution in [1.29, 1.82) is 5.26 Å². The van der Waals surface area contributed by atoms with Crippen LogP contribution >= 0.6 is 23.1 Å². The number of ether oxygens (including phenoxy) is 1. The van der Waals surface area contributed by atoms with Crippen molar-refractivity contribution in [1.82, 2.24) is 14.9 Å². The molecule has 0 aliphatic heterocycles. The molecule has 0 amide bonds. The summed E-state index contributed by atoms with van der Waals surface area (Å²) in [5.74, 6) is 6.62. The number of nitriles is 1. The maximum absolute atomic E-state index is 12.1. The third kappa shape index (κ3) is 3.24. The third-order valence-corrected chi connectivity index (χ3v) is 5.37. The van der Waals surface area contributed by atoms with Crippen LogP contribution in [0.15, 0.2) is 28.0 Å². The number of rotatable bonds is 6. The summed E-state index contributed by atoms with van der Waals surface area (Å²) in [6.07, 6.45) is 1.51. The fourth-order valence-electron chi connectivity index (χ4n) is 2.19. The van der Waals surface area contributed by atoms with Gasteiger partial charge in [0.15, 0.2) is 5.76 Å². The fraction of sp³-hybridized carbons (Fsp3) is 0.200. The van der Waals surface area contributed by atoms with Crippen LogP contribution in [0, 0.1) is 11.3 Å². The average Bonchev–Trinajstić information content (AvgIpc) is 3.32. The number of hydrogen-bond donors (Lipinski definition) is 2. The number of carbonyl (C=O) groups excluding carboxylic acids is 1. The Morgan fingerprint density at radius 2 is 2.35 bits per heavy atom. The molecule has 3 aromatic heterocycles. The number of nitrogens with zero attached hydrogens (tertiary/aromatic N) is 4. The Kier molecular flexibility index (Phi) is 5.15. The van der Waals surface area contributed by atoms with E-state index in [0.717, 1.165) is 11.3 Å². The Bertz CT molecular complexity index is 971. The van der Waals surface area contributed by atoms with Gasteiger partial charge in [-0.1, -0.05) is 11.8 Å². The zero-order valence-electron chi connectivity index (χ0n) is 13.6. The van der Waals surface area contributed by atoms with E-state index in [9.17, 15) is 10.1 Å². The zero-order chi connectivity index (χ0) is 18.7. The summed E-state index contributed by atoms with van der Waals surface area (Å²) in [6.45, 7) is 1.94. The topological polar surface area (TPSA) is 146 Å². The highest BCUT2D eigenvalue weighted by Gasteiger charge is 2.24. The minimum atomic E-state index is -0.508. The van der Waals surface area contributed by atoms with Crippen LogP contribution in [0.25, 0.3) is 11.6 Å². The van der Waals surface area contributed by atoms with E-state index < -0.39 is 5.97 Å². The molecule has 9 nitrogen and oxygen atoms in total. The smallest absolute Gasteiger partial charge is 0.348 e. The first kappa shape index (κ1) is 17.8. The van der Waals surface area contributed by atoms with Gasteiger partial charge in [-0.3, -0.25) is 0 Å². The summed E-state index contributed by atoms with van der Waals surface area (Å²) in [5.41, 5.74) is 6.63. The summed E-state index contributed by atoms with van der Waals surface area (Å²) in [7, 11) is 0. The van der Waals surface area contributed by atoms with Gasteiger partial charge in [-0.05, 0) is 19.1 Å². The van der Waals surface area contributed by atoms with Crippen LogP contribution in [-0.2, 0) is 10.5 Å². The van der Waals surface area contributed by atoms with Gasteiger partial charge < -0.3 is 20.7 Å². The minimum Gasteiger partial charge on any atom is -0.462 e. The van der Waals surface area contributed by atoms with Gasteiger partial charge in [0.2, 0.25) is 11.0 Å². The predicted octanol–water partition coefficient (Wildman–Crippen LogP) is 2.24. The molecule has 0 saturated carbocycles. The molecular formula is C15H14N6O3S2. The molecule has 134 valence electrons. The van der Waals surface area contributed by atoms with Gasteiger partial charge >= 0.3 is 5.97 Å². The van der Waals surface area contributed by atoms with Crippen LogP contribution in [0.1, 0.15) is 27.7 Å². The number of carbonyl (C=O) groups is 1. The molecule has 26 heavy (non-hydrogen) atoms. The van der Waals surface area contributed by atoms with E-state index in [1.54, 1.807) is 19.1 Å². The maximum Gasteiger partial charge on any atom is 0.348 e. The van der Waals surface area contributed by atoms with E-state index in [1.807, 2.05) is 6.07 Å². The van der Waals surface area contributed by atoms with Gasteiger partial charge in [-0.15, -0.1) is 21.5 Å². The van der Waals surface area contributed by atoms with E-state index in [1.165, 1.54) is 22.7 Å². The fourth-order valence-corrected chi connectivity index (χ4v) is 4.10. The van der Waals surface area contributed by atoms with E-state index in [2.05, 4.69) is 10.2 Å². The molecule has 0 spiro atoms. The highest BCUT2D eigenvalue weighted by molar-refractivity contribution is 7.98. The molecule has 0 fully saturated rings. The van der Waals surface area contributed by atoms with Crippen molar-refractivity contribution >= 4 is 34.1 Å². The monoisotopic (exact) mass is 390 g/mol. The predicted molar refractivity (Wildman–Crippen MR) is 96.8 cm³/mol. The lowest BCUT2D eigenvalue weighted by Gasteiger charge is -2.05. The first-order chi connectivity index (χ1) is 12.6. The molecular weight excluding hydrogens is 376 g/mol. The minimum absolute atomic E-state index is 0.231. The summed E-state index contributed by atoms with van der Waals surface area (Å²) in [5, 5.41) is 18.1. The SMILES string of the molecule is CCOC(=O)c1sc(N)c(C#N)c1CSc1nnc(-c2ccco2)n1N. The molecule has 0 unspecified atom stereocenters. The highest BCUT2D eigenvalue weighted by atomic mass is 32.2. The molecule has 11 heteroatoms. The van der Waals surface area contributed by atoms with Crippen molar-refractivity contribution < 1.29 is 13.9 Å². The number of thioether (sulfide) groups is 1. The van der Waals surface area contributed by atoms with Gasteiger partial charge in [-0.25, -0.2) is 9.47 Å². The standard InChI is InChI=1S/C15H14N6O3S2/c1-2-23-14(22)11-9(8(6-16)12(17)26-11)7-25-15-20-19-13(21(15)18)10-4-3-5-24-10/h3-5H,2,7,17-18H2,1H3. The number of nitrogen functional groups attached to an aromatic ring is 2. The quantitative estimate of drug-likeness (QED) is 0.367. The molecule has 0 radical (unpaired) electrons. The molecule has 0 bridgehead atoms. The largest absolute Gasteiger partial charge is 0.462 e. The second-order valence-corrected chi connectivity index (χ2v) is 6.92. The Balaban J connectivity index is 1.86. The van der Waals surface area contributed by atoms with Crippen LogP contribution in [-0.4, -0.2) is 27.4 Å². The maximum atomic E-state index is 12.1. The number of esters is 1. The molecule has 3 aromatic rings. The third-order valence-electron chi connectivity index (χ3n) is 3.36. The molecule has 3 heterocycles. The zero-order valence-corrected chi connectivity index (χ0v) is 15.3. The van der Waals surface area contributed by atoms with Crippen molar-refractivity contribution in [2.45, 2.75) is 17.8 Å². The van der Waals surface area contributed by atoms with Crippen LogP contribution in [0.4, 0.5) is 5.00 Å². The normalized spacial score (nSPS) is 10.6. The van der Waals surface area contributed by atoms with Gasteiger partial charge in [0.1, 0.15) is 15.9 Å². The second-order valence-electron chi connectivity index (χ2n) is 4.92. The number of hydrogen-bond acceptors (Lipinski definition) is 10. The number of anilines is 1. The van der Waals surface area contributed by atoms with Gasteiger partial charge in [-0.2, -0.15) is 5.26 Å². The molecule has 3 rings (SSSR count). The number of thiophene rings is 1. The molecule has 0 saturated heterocycles. The number of aromatic nitrogens is 3. The van der Waals surface area contributed by atoms with Crippen LogP contribution in [0.3, 0.4) is 0 Å². The lowest BCUT2D eigenvalue weighted by Crippen LogP contribution is -2.11. The summed E-state index contributed by atoms with van der Waals surface area (Å²) in [4.78, 5) is 12.4. The molecule has 0 atom stereocenters. The summed E-state index contributed by atoms with van der Waals surface area (Å²) < 4.78 is 11.6. The molecule has 0 aromatic carbocycles. The summed E-state index contributed by atoms with van der Waals surface area (Å²) >= 11 is 2.26. The van der Waals surface area contributed by atoms with Crippen molar-refractivity contribution in [2.75, 3.05) is 18.2 Å². The van der Waals surface area contributed by atoms with Crippen molar-refractivity contribution in [3.8, 4) is 17.7 Å². The number of nitrogens with two attached hydrogens (primary N) is 2. The first-order valence-electron chi connectivity index (χ1n) is 7.42. The Hall–Kier alpha value is -2.97. The lowest BCUT2D eigenvalue weighted by molar-refractivity contribution is 0.0531. The molecule has 4 N–H and O–H groups in total. The lowest BCUT2D eigenvalue weighted by atomic mass is 10.2. The van der Waals surface area contributed by atoms with Gasteiger partial charge in [0.05, 0.1) is 18.4 Å². The first-order valence-corrected chi connectivity index (χ1v) is 9.22. The van der Waals surface area contributed by atoms with Gasteiger partial charge in [0, 0.05) is 11.3 Å². The van der Waals surface area contributed by atoms with Crippen molar-refractivity contribution in [3.05, 3.63) is 34.4 Å². The van der Waals surface area contributed by atoms with E-state index >= 15 is 0 Å². The van der Waals surface area contributed by atoms with E-state index in [-0.39, 0.29) is 22.9 Å². The molecule has 0 aliphatic rings. The van der Waals surface area contributed by atoms with E-state index in [4.69, 9.17) is 20.7 Å². The van der Waals surface area contributed by atoms with E-state index in [0.29, 0.717) is 27.2 Å². The molecule has 0 aliphatic carbocycles. The Labute approximate surface area is 156 Å². The average molecular weight is 390 g/mol. The number of furan rings is 1. The van der Waals surface area contributed by atoms with Crippen LogP contribution in [0.2, 0.25) is 0 Å². The Morgan fingerprint density at radius 1 is 1.54 bits per heavy atom. The van der Waals surface area contributed by atoms with Gasteiger partial charge in [0.25, 0.3) is 0 Å². The van der Waals surface area contributed by atoms with Crippen molar-refractivity contribution in [3.63, 3.8) is 0 Å². The second kappa shape index (κ2) is 7.51.